The lowest BCUT2D eigenvalue weighted by molar-refractivity contribution is 0.0802. The number of carbonyl (C=O) groups excluding carboxylic acids is 1. The number of hydrogen-bond donors (Lipinski definition) is 1. The van der Waals surface area contributed by atoms with Crippen molar-refractivity contribution in [1.29, 1.82) is 0 Å². The summed E-state index contributed by atoms with van der Waals surface area (Å²) in [4.78, 5) is 15.3. The molecule has 0 saturated carbocycles. The molecule has 7 heteroatoms. The second-order valence-electron chi connectivity index (χ2n) is 7.06. The van der Waals surface area contributed by atoms with Crippen LogP contribution in [0.3, 0.4) is 0 Å². The molecule has 27 heavy (non-hydrogen) atoms. The van der Waals surface area contributed by atoms with Gasteiger partial charge in [-0.15, -0.1) is 0 Å². The summed E-state index contributed by atoms with van der Waals surface area (Å²) in [6.45, 7) is 9.55. The quantitative estimate of drug-likeness (QED) is 0.399. The van der Waals surface area contributed by atoms with Crippen molar-refractivity contribution < 1.29 is 13.2 Å². The van der Waals surface area contributed by atoms with Crippen LogP contribution in [0.15, 0.2) is 35.2 Å². The van der Waals surface area contributed by atoms with Crippen LogP contribution in [0.25, 0.3) is 10.8 Å². The third-order valence-electron chi connectivity index (χ3n) is 4.80. The highest BCUT2D eigenvalue weighted by Gasteiger charge is 2.30. The molecule has 5 nitrogen and oxygen atoms in total. The van der Waals surface area contributed by atoms with Gasteiger partial charge in [0.25, 0.3) is 9.05 Å². The molecule has 0 fully saturated rings. The number of benzene rings is 2. The molecule has 0 aliphatic rings. The van der Waals surface area contributed by atoms with E-state index in [0.717, 1.165) is 0 Å². The predicted molar refractivity (Wildman–Crippen MR) is 112 cm³/mol. The van der Waals surface area contributed by atoms with Gasteiger partial charge in [-0.25, -0.2) is 8.42 Å². The van der Waals surface area contributed by atoms with Crippen LogP contribution in [0.1, 0.15) is 44.5 Å². The number of likely N-dealkylation sites (N-methyl/N-ethyl adjacent to an activating group) is 1. The Morgan fingerprint density at radius 2 is 1.78 bits per heavy atom. The summed E-state index contributed by atoms with van der Waals surface area (Å²) in [6, 6.07) is 8.21. The average Bonchev–Trinajstić information content (AvgIpc) is 2.59. The molecule has 0 heterocycles. The number of Topliss-reactive ketones (excluding diaryl/α,β-unsaturated/α-hetero) is 1. The topological polar surface area (TPSA) is 80.5 Å². The Hall–Kier alpha value is -1.63. The summed E-state index contributed by atoms with van der Waals surface area (Å²) in [5.41, 5.74) is 6.32. The SMILES string of the molecule is CCN(CC)[C@@H](CC(C)C)C(=O)c1cc2ccccc2c(S(=O)(=O)Cl)c1N. The summed E-state index contributed by atoms with van der Waals surface area (Å²) >= 11 is 0. The van der Waals surface area contributed by atoms with Crippen molar-refractivity contribution in [2.24, 2.45) is 5.92 Å². The maximum absolute atomic E-state index is 13.4. The number of nitrogens with zero attached hydrogens (tertiary/aromatic N) is 1. The molecule has 0 unspecified atom stereocenters. The van der Waals surface area contributed by atoms with Gasteiger partial charge in [-0.3, -0.25) is 9.69 Å². The Kier molecular flexibility index (Phi) is 6.89. The van der Waals surface area contributed by atoms with Crippen molar-refractivity contribution in [3.05, 3.63) is 35.9 Å². The Morgan fingerprint density at radius 1 is 1.19 bits per heavy atom. The average molecular weight is 411 g/mol. The van der Waals surface area contributed by atoms with Gasteiger partial charge in [0.2, 0.25) is 0 Å². The van der Waals surface area contributed by atoms with E-state index in [1.165, 1.54) is 0 Å². The minimum atomic E-state index is -4.11. The van der Waals surface area contributed by atoms with Gasteiger partial charge in [-0.2, -0.15) is 0 Å². The molecule has 0 aromatic heterocycles. The first kappa shape index (κ1) is 21.7. The van der Waals surface area contributed by atoms with E-state index in [-0.39, 0.29) is 28.0 Å². The minimum Gasteiger partial charge on any atom is -0.397 e. The molecule has 0 saturated heterocycles. The van der Waals surface area contributed by atoms with Crippen LogP contribution in [-0.2, 0) is 9.05 Å². The zero-order valence-corrected chi connectivity index (χ0v) is 17.8. The lowest BCUT2D eigenvalue weighted by Crippen LogP contribution is -2.42. The molecule has 148 valence electrons. The van der Waals surface area contributed by atoms with Crippen LogP contribution < -0.4 is 5.73 Å². The minimum absolute atomic E-state index is 0.0744. The predicted octanol–water partition coefficient (Wildman–Crippen LogP) is 4.29. The molecule has 0 bridgehead atoms. The first-order valence-corrected chi connectivity index (χ1v) is 11.5. The van der Waals surface area contributed by atoms with E-state index in [1.54, 1.807) is 30.3 Å². The third-order valence-corrected chi connectivity index (χ3v) is 6.19. The third kappa shape index (κ3) is 4.62. The molecule has 1 atom stereocenters. The van der Waals surface area contributed by atoms with Crippen molar-refractivity contribution in [1.82, 2.24) is 4.90 Å². The molecule has 0 radical (unpaired) electrons. The summed E-state index contributed by atoms with van der Waals surface area (Å²) in [5.74, 6) is 0.134. The molecular weight excluding hydrogens is 384 g/mol. The molecule has 2 aromatic carbocycles. The van der Waals surface area contributed by atoms with Crippen molar-refractivity contribution in [2.75, 3.05) is 18.8 Å². The van der Waals surface area contributed by atoms with E-state index >= 15 is 0 Å². The van der Waals surface area contributed by atoms with Crippen LogP contribution in [-0.4, -0.2) is 38.2 Å². The number of ketones is 1. The van der Waals surface area contributed by atoms with E-state index in [9.17, 15) is 13.2 Å². The maximum Gasteiger partial charge on any atom is 0.263 e. The second-order valence-corrected chi connectivity index (χ2v) is 9.56. The van der Waals surface area contributed by atoms with E-state index in [1.807, 2.05) is 13.8 Å². The summed E-state index contributed by atoms with van der Waals surface area (Å²) in [5, 5.41) is 1.04. The number of nitrogen functional groups attached to an aromatic ring is 1. The van der Waals surface area contributed by atoms with Crippen molar-refractivity contribution in [3.63, 3.8) is 0 Å². The maximum atomic E-state index is 13.4. The van der Waals surface area contributed by atoms with Crippen LogP contribution in [0.2, 0.25) is 0 Å². The Bertz CT molecular complexity index is 938. The van der Waals surface area contributed by atoms with Gasteiger partial charge in [0.1, 0.15) is 4.90 Å². The normalized spacial score (nSPS) is 13.4. The molecule has 2 N–H and O–H groups in total. The largest absolute Gasteiger partial charge is 0.397 e. The molecule has 0 spiro atoms. The van der Waals surface area contributed by atoms with Gasteiger partial charge in [-0.05, 0) is 36.9 Å². The van der Waals surface area contributed by atoms with Crippen molar-refractivity contribution in [3.8, 4) is 0 Å². The fraction of sp³-hybridized carbons (Fsp3) is 0.450. The molecule has 0 aliphatic carbocycles. The van der Waals surface area contributed by atoms with Crippen LogP contribution in [0.5, 0.6) is 0 Å². The van der Waals surface area contributed by atoms with Gasteiger partial charge in [0.05, 0.1) is 11.7 Å². The van der Waals surface area contributed by atoms with Crippen molar-refractivity contribution >= 4 is 42.0 Å². The standard InChI is InChI=1S/C20H27ClN2O3S/c1-5-23(6-2)17(11-13(3)4)19(24)16-12-14-9-7-8-10-15(14)20(18(16)22)27(21,25)26/h7-10,12-13,17H,5-6,11,22H2,1-4H3/t17-/m0/s1. The molecule has 2 rings (SSSR count). The first-order valence-electron chi connectivity index (χ1n) is 9.15. The monoisotopic (exact) mass is 410 g/mol. The van der Waals surface area contributed by atoms with Gasteiger partial charge in [0, 0.05) is 21.6 Å². The summed E-state index contributed by atoms with van der Waals surface area (Å²) < 4.78 is 24.4. The Morgan fingerprint density at radius 3 is 2.30 bits per heavy atom. The lowest BCUT2D eigenvalue weighted by Gasteiger charge is -2.30. The molecule has 0 amide bonds. The highest BCUT2D eigenvalue weighted by atomic mass is 35.7. The van der Waals surface area contributed by atoms with Crippen LogP contribution >= 0.6 is 10.7 Å². The van der Waals surface area contributed by atoms with Crippen LogP contribution in [0.4, 0.5) is 5.69 Å². The number of anilines is 1. The zero-order chi connectivity index (χ0) is 20.4. The van der Waals surface area contributed by atoms with Gasteiger partial charge < -0.3 is 5.73 Å². The molecular formula is C20H27ClN2O3S. The smallest absolute Gasteiger partial charge is 0.263 e. The highest BCUT2D eigenvalue weighted by molar-refractivity contribution is 8.14. The summed E-state index contributed by atoms with van der Waals surface area (Å²) in [6.07, 6.45) is 0.662. The number of halogens is 1. The van der Waals surface area contributed by atoms with Crippen LogP contribution in [0, 0.1) is 5.92 Å². The lowest BCUT2D eigenvalue weighted by atomic mass is 9.92. The number of nitrogens with two attached hydrogens (primary N) is 1. The zero-order valence-electron chi connectivity index (χ0n) is 16.2. The fourth-order valence-corrected chi connectivity index (χ4v) is 4.83. The van der Waals surface area contributed by atoms with E-state index in [4.69, 9.17) is 16.4 Å². The van der Waals surface area contributed by atoms with E-state index in [2.05, 4.69) is 18.7 Å². The highest BCUT2D eigenvalue weighted by Crippen LogP contribution is 2.35. The van der Waals surface area contributed by atoms with Gasteiger partial charge >= 0.3 is 0 Å². The number of rotatable bonds is 8. The number of fused-ring (bicyclic) bond motifs is 1. The Balaban J connectivity index is 2.72. The van der Waals surface area contributed by atoms with E-state index < -0.39 is 9.05 Å². The van der Waals surface area contributed by atoms with Crippen molar-refractivity contribution in [2.45, 2.75) is 45.1 Å². The number of carbonyl (C=O) groups is 1. The van der Waals surface area contributed by atoms with Gasteiger partial charge in [0.15, 0.2) is 5.78 Å². The van der Waals surface area contributed by atoms with E-state index in [0.29, 0.717) is 36.2 Å². The number of hydrogen-bond acceptors (Lipinski definition) is 5. The first-order chi connectivity index (χ1) is 12.6. The Labute approximate surface area is 165 Å². The molecule has 0 aliphatic heterocycles. The molecule has 2 aromatic rings. The second kappa shape index (κ2) is 8.59. The fourth-order valence-electron chi connectivity index (χ4n) is 3.51. The summed E-state index contributed by atoms with van der Waals surface area (Å²) in [7, 11) is 1.56. The van der Waals surface area contributed by atoms with Gasteiger partial charge in [-0.1, -0.05) is 52.0 Å².